The molecule has 0 rings (SSSR count). The molecule has 0 spiro atoms. The summed E-state index contributed by atoms with van der Waals surface area (Å²) in [5.41, 5.74) is 0. The van der Waals surface area contributed by atoms with Crippen LogP contribution in [0.1, 0.15) is 296 Å². The van der Waals surface area contributed by atoms with E-state index in [1.165, 1.54) is 231 Å². The summed E-state index contributed by atoms with van der Waals surface area (Å²) in [5, 5.41) is 33.6. The van der Waals surface area contributed by atoms with E-state index in [-0.39, 0.29) is 18.9 Å². The van der Waals surface area contributed by atoms with E-state index < -0.39 is 18.2 Å². The van der Waals surface area contributed by atoms with Gasteiger partial charge in [0.25, 0.3) is 0 Å². The molecule has 0 fully saturated rings. The van der Waals surface area contributed by atoms with Crippen molar-refractivity contribution in [3.63, 3.8) is 0 Å². The van der Waals surface area contributed by atoms with E-state index in [1.807, 2.05) is 0 Å². The topological polar surface area (TPSA) is 89.8 Å². The molecule has 0 aromatic carbocycles. The molecule has 0 saturated carbocycles. The monoisotopic (exact) mass is 820 g/mol. The number of hydrogen-bond donors (Lipinski definition) is 4. The van der Waals surface area contributed by atoms with E-state index in [1.54, 1.807) is 0 Å². The van der Waals surface area contributed by atoms with Crippen LogP contribution in [0.15, 0.2) is 12.2 Å². The van der Waals surface area contributed by atoms with Crippen molar-refractivity contribution >= 4 is 5.91 Å². The van der Waals surface area contributed by atoms with Crippen LogP contribution in [0.2, 0.25) is 0 Å². The molecule has 0 aliphatic heterocycles. The molecule has 3 unspecified atom stereocenters. The molecular formula is C53H105NO4. The fraction of sp³-hybridized carbons (Fsp3) is 0.943. The van der Waals surface area contributed by atoms with Gasteiger partial charge in [-0.05, 0) is 38.5 Å². The second-order valence-electron chi connectivity index (χ2n) is 18.5. The number of aliphatic hydroxyl groups is 3. The van der Waals surface area contributed by atoms with Gasteiger partial charge in [-0.15, -0.1) is 0 Å². The van der Waals surface area contributed by atoms with Crippen molar-refractivity contribution in [1.82, 2.24) is 5.32 Å². The van der Waals surface area contributed by atoms with Gasteiger partial charge in [-0.1, -0.05) is 264 Å². The van der Waals surface area contributed by atoms with Crippen molar-refractivity contribution in [2.75, 3.05) is 6.61 Å². The van der Waals surface area contributed by atoms with Gasteiger partial charge in [0, 0.05) is 0 Å². The fourth-order valence-corrected chi connectivity index (χ4v) is 8.52. The van der Waals surface area contributed by atoms with Crippen LogP contribution in [0, 0.1) is 0 Å². The average molecular weight is 820 g/mol. The maximum Gasteiger partial charge on any atom is 0.222 e. The molecule has 4 N–H and O–H groups in total. The van der Waals surface area contributed by atoms with Gasteiger partial charge in [0.2, 0.25) is 5.91 Å². The first-order chi connectivity index (χ1) is 28.5. The van der Waals surface area contributed by atoms with Gasteiger partial charge in [-0.2, -0.15) is 0 Å². The van der Waals surface area contributed by atoms with Crippen molar-refractivity contribution in [1.29, 1.82) is 0 Å². The quantitative estimate of drug-likeness (QED) is 0.0364. The smallest absolute Gasteiger partial charge is 0.222 e. The maximum absolute atomic E-state index is 12.5. The van der Waals surface area contributed by atoms with Gasteiger partial charge in [0.05, 0.1) is 31.3 Å². The van der Waals surface area contributed by atoms with E-state index in [2.05, 4.69) is 31.3 Å². The lowest BCUT2D eigenvalue weighted by molar-refractivity contribution is -0.125. The molecular weight excluding hydrogens is 715 g/mol. The molecule has 0 aromatic rings. The van der Waals surface area contributed by atoms with Crippen LogP contribution in [-0.2, 0) is 4.79 Å². The molecule has 0 aliphatic carbocycles. The third kappa shape index (κ3) is 44.6. The van der Waals surface area contributed by atoms with Crippen LogP contribution in [0.5, 0.6) is 0 Å². The number of carbonyl (C=O) groups excluding carboxylic acids is 1. The van der Waals surface area contributed by atoms with Crippen molar-refractivity contribution in [2.45, 2.75) is 315 Å². The van der Waals surface area contributed by atoms with Crippen molar-refractivity contribution in [3.05, 3.63) is 12.2 Å². The van der Waals surface area contributed by atoms with E-state index in [9.17, 15) is 20.1 Å². The van der Waals surface area contributed by atoms with Gasteiger partial charge in [0.1, 0.15) is 0 Å². The summed E-state index contributed by atoms with van der Waals surface area (Å²) in [6.07, 6.45) is 59.2. The van der Waals surface area contributed by atoms with Crippen LogP contribution in [-0.4, -0.2) is 46.1 Å². The highest BCUT2D eigenvalue weighted by atomic mass is 16.3. The summed E-state index contributed by atoms with van der Waals surface area (Å²) in [6.45, 7) is 4.29. The standard InChI is InChI=1S/C53H105NO4/c1-3-5-7-9-11-13-15-17-19-21-23-24-25-26-27-29-31-33-35-37-39-41-43-45-47-52(57)51(49-55)54-53(58)48-50(56)46-44-42-40-38-36-34-32-30-28-22-20-18-16-14-12-10-8-6-4-2/h30,32,50-52,55-57H,3-29,31,33-49H2,1-2H3,(H,54,58)/b32-30-. The van der Waals surface area contributed by atoms with Crippen LogP contribution in [0.3, 0.4) is 0 Å². The maximum atomic E-state index is 12.5. The second-order valence-corrected chi connectivity index (χ2v) is 18.5. The SMILES string of the molecule is CCCCCCCCCCCC/C=C\CCCCCCCC(O)CC(=O)NC(CO)C(O)CCCCCCCCCCCCCCCCCCCCCCCCCC. The lowest BCUT2D eigenvalue weighted by Crippen LogP contribution is -2.46. The molecule has 5 nitrogen and oxygen atoms in total. The first-order valence-corrected chi connectivity index (χ1v) is 26.5. The predicted octanol–water partition coefficient (Wildman–Crippen LogP) is 15.9. The molecule has 0 aliphatic rings. The Morgan fingerprint density at radius 3 is 1.00 bits per heavy atom. The largest absolute Gasteiger partial charge is 0.394 e. The molecule has 0 bridgehead atoms. The highest BCUT2D eigenvalue weighted by Gasteiger charge is 2.21. The van der Waals surface area contributed by atoms with Gasteiger partial charge < -0.3 is 20.6 Å². The van der Waals surface area contributed by atoms with Gasteiger partial charge in [-0.25, -0.2) is 0 Å². The summed E-state index contributed by atoms with van der Waals surface area (Å²) in [6, 6.07) is -0.659. The number of aliphatic hydroxyl groups excluding tert-OH is 3. The molecule has 3 atom stereocenters. The molecule has 1 amide bonds. The fourth-order valence-electron chi connectivity index (χ4n) is 8.52. The highest BCUT2D eigenvalue weighted by Crippen LogP contribution is 2.18. The van der Waals surface area contributed by atoms with E-state index >= 15 is 0 Å². The number of rotatable bonds is 49. The van der Waals surface area contributed by atoms with Crippen LogP contribution in [0.4, 0.5) is 0 Å². The summed E-state index contributed by atoms with van der Waals surface area (Å²) in [5.74, 6) is -0.283. The summed E-state index contributed by atoms with van der Waals surface area (Å²) in [4.78, 5) is 12.5. The van der Waals surface area contributed by atoms with E-state index in [0.29, 0.717) is 12.8 Å². The predicted molar refractivity (Wildman–Crippen MR) is 255 cm³/mol. The van der Waals surface area contributed by atoms with Crippen LogP contribution in [0.25, 0.3) is 0 Å². The first-order valence-electron chi connectivity index (χ1n) is 26.5. The minimum atomic E-state index is -0.750. The van der Waals surface area contributed by atoms with Gasteiger partial charge in [-0.3, -0.25) is 4.79 Å². The second kappa shape index (κ2) is 48.8. The normalized spacial score (nSPS) is 13.4. The molecule has 5 heteroatoms. The minimum absolute atomic E-state index is 0.0343. The van der Waals surface area contributed by atoms with Crippen molar-refractivity contribution < 1.29 is 20.1 Å². The van der Waals surface area contributed by atoms with E-state index in [0.717, 1.165) is 32.1 Å². The molecule has 0 aromatic heterocycles. The molecule has 0 heterocycles. The summed E-state index contributed by atoms with van der Waals surface area (Å²) >= 11 is 0. The van der Waals surface area contributed by atoms with E-state index in [4.69, 9.17) is 0 Å². The number of amides is 1. The number of allylic oxidation sites excluding steroid dienone is 2. The number of hydrogen-bond acceptors (Lipinski definition) is 4. The van der Waals surface area contributed by atoms with Gasteiger partial charge >= 0.3 is 0 Å². The summed E-state index contributed by atoms with van der Waals surface area (Å²) in [7, 11) is 0. The lowest BCUT2D eigenvalue weighted by atomic mass is 10.0. The Hall–Kier alpha value is -0.910. The zero-order valence-electron chi connectivity index (χ0n) is 39.5. The lowest BCUT2D eigenvalue weighted by Gasteiger charge is -2.23. The zero-order chi connectivity index (χ0) is 42.3. The molecule has 58 heavy (non-hydrogen) atoms. The van der Waals surface area contributed by atoms with Crippen LogP contribution < -0.4 is 5.32 Å². The Morgan fingerprint density at radius 2 is 0.690 bits per heavy atom. The van der Waals surface area contributed by atoms with Gasteiger partial charge in [0.15, 0.2) is 0 Å². The van der Waals surface area contributed by atoms with Crippen molar-refractivity contribution in [2.24, 2.45) is 0 Å². The Morgan fingerprint density at radius 1 is 0.414 bits per heavy atom. The van der Waals surface area contributed by atoms with Crippen molar-refractivity contribution in [3.8, 4) is 0 Å². The minimum Gasteiger partial charge on any atom is -0.394 e. The molecule has 0 radical (unpaired) electrons. The average Bonchev–Trinajstić information content (AvgIpc) is 3.22. The Kier molecular flexibility index (Phi) is 48.0. The Labute approximate surface area is 363 Å². The number of nitrogens with one attached hydrogen (secondary N) is 1. The number of carbonyl (C=O) groups is 1. The zero-order valence-corrected chi connectivity index (χ0v) is 39.5. The Balaban J connectivity index is 3.54. The third-order valence-corrected chi connectivity index (χ3v) is 12.6. The first kappa shape index (κ1) is 57.1. The molecule has 0 saturated heterocycles. The Bertz CT molecular complexity index is 818. The number of unbranched alkanes of at least 4 members (excludes halogenated alkanes) is 38. The third-order valence-electron chi connectivity index (χ3n) is 12.6. The highest BCUT2D eigenvalue weighted by molar-refractivity contribution is 5.76. The summed E-state index contributed by atoms with van der Waals surface area (Å²) < 4.78 is 0. The molecule has 346 valence electrons. The van der Waals surface area contributed by atoms with Crippen LogP contribution >= 0.6 is 0 Å².